The average molecular weight is 817 g/mol. The summed E-state index contributed by atoms with van der Waals surface area (Å²) in [4.78, 5) is 10.9. The number of H-pyrrole nitrogens is 1. The number of benzene rings is 6. The lowest BCUT2D eigenvalue weighted by Gasteiger charge is -2.45. The van der Waals surface area contributed by atoms with Crippen LogP contribution >= 0.6 is 34.0 Å². The van der Waals surface area contributed by atoms with E-state index in [0.717, 1.165) is 18.4 Å². The van der Waals surface area contributed by atoms with Gasteiger partial charge in [-0.3, -0.25) is 0 Å². The Kier molecular flexibility index (Phi) is 6.97. The van der Waals surface area contributed by atoms with E-state index in [2.05, 4.69) is 160 Å². The van der Waals surface area contributed by atoms with Crippen molar-refractivity contribution in [3.8, 4) is 11.1 Å². The molecule has 0 saturated carbocycles. The molecule has 10 aromatic rings. The second-order valence-electron chi connectivity index (χ2n) is 18.3. The van der Waals surface area contributed by atoms with Crippen molar-refractivity contribution < 1.29 is 4.42 Å². The van der Waals surface area contributed by atoms with Gasteiger partial charge in [0.2, 0.25) is 0 Å². The molecular weight excluding hydrogens is 776 g/mol. The van der Waals surface area contributed by atoms with E-state index in [0.29, 0.717) is 0 Å². The number of rotatable bonds is 1. The number of fused-ring (bicyclic) bond motifs is 13. The van der Waals surface area contributed by atoms with Gasteiger partial charge in [-0.15, -0.1) is 34.0 Å². The quantitative estimate of drug-likeness (QED) is 0.0983. The lowest BCUT2D eigenvalue weighted by atomic mass is 9.58. The molecule has 0 bridgehead atoms. The van der Waals surface area contributed by atoms with E-state index < -0.39 is 0 Å². The van der Waals surface area contributed by atoms with Gasteiger partial charge in [-0.2, -0.15) is 0 Å². The van der Waals surface area contributed by atoms with E-state index in [-0.39, 0.29) is 10.8 Å². The molecule has 0 unspecified atom stereocenters. The lowest BCUT2D eigenvalue weighted by molar-refractivity contribution is 0.281. The molecule has 1 N–H and O–H groups in total. The third-order valence-corrected chi connectivity index (χ3v) is 17.9. The number of nitrogens with zero attached hydrogens (tertiary/aromatic N) is 1. The van der Waals surface area contributed by atoms with Crippen LogP contribution in [0.4, 0.5) is 11.4 Å². The molecule has 3 aliphatic rings. The number of allylic oxidation sites excluding steroid dienone is 3. The van der Waals surface area contributed by atoms with Gasteiger partial charge in [0.15, 0.2) is 7.28 Å². The molecule has 0 fully saturated rings. The maximum Gasteiger partial charge on any atom is 0.198 e. The minimum Gasteiger partial charge on any atom is -0.456 e. The lowest BCUT2D eigenvalue weighted by Crippen LogP contribution is -2.45. The van der Waals surface area contributed by atoms with Gasteiger partial charge in [-0.05, 0) is 94.1 Å². The van der Waals surface area contributed by atoms with Crippen LogP contribution in [0.3, 0.4) is 0 Å². The molecule has 0 amide bonds. The first kappa shape index (κ1) is 34.5. The van der Waals surface area contributed by atoms with Gasteiger partial charge in [-0.1, -0.05) is 112 Å². The average Bonchev–Trinajstić information content (AvgIpc) is 3.99. The molecule has 0 atom stereocenters. The van der Waals surface area contributed by atoms with Crippen LogP contribution in [0.1, 0.15) is 47.5 Å². The summed E-state index contributed by atoms with van der Waals surface area (Å²) in [5.74, 6) is 0. The Balaban J connectivity index is 1.16. The molecule has 2 aliphatic heterocycles. The van der Waals surface area contributed by atoms with Gasteiger partial charge < -0.3 is 14.3 Å². The highest BCUT2D eigenvalue weighted by molar-refractivity contribution is 8.03. The maximum atomic E-state index is 6.62. The first-order valence-corrected chi connectivity index (χ1v) is 23.3. The van der Waals surface area contributed by atoms with Crippen molar-refractivity contribution in [1.29, 1.82) is 0 Å². The molecule has 6 heterocycles. The number of hydrogen-bond acceptors (Lipinski definition) is 4. The number of aromatic nitrogens is 1. The third-order valence-electron chi connectivity index (χ3n) is 13.8. The van der Waals surface area contributed by atoms with E-state index in [9.17, 15) is 0 Å². The summed E-state index contributed by atoms with van der Waals surface area (Å²) >= 11 is 5.10. The smallest absolute Gasteiger partial charge is 0.198 e. The van der Waals surface area contributed by atoms with Gasteiger partial charge >= 0.3 is 0 Å². The molecule has 0 radical (unpaired) electrons. The molecular formula is C52H41BN2OS3. The summed E-state index contributed by atoms with van der Waals surface area (Å²) in [6, 6.07) is 40.7. The normalized spacial score (nSPS) is 17.4. The van der Waals surface area contributed by atoms with E-state index in [1.54, 1.807) is 4.91 Å². The van der Waals surface area contributed by atoms with Crippen LogP contribution < -0.4 is 15.8 Å². The van der Waals surface area contributed by atoms with E-state index >= 15 is 0 Å². The summed E-state index contributed by atoms with van der Waals surface area (Å²) in [5, 5.41) is 8.94. The monoisotopic (exact) mass is 816 g/mol. The Morgan fingerprint density at radius 3 is 2.25 bits per heavy atom. The largest absolute Gasteiger partial charge is 0.456 e. The van der Waals surface area contributed by atoms with Gasteiger partial charge in [0.05, 0.1) is 10.5 Å². The van der Waals surface area contributed by atoms with Gasteiger partial charge in [0.1, 0.15) is 16.0 Å². The highest BCUT2D eigenvalue weighted by Gasteiger charge is 2.41. The summed E-state index contributed by atoms with van der Waals surface area (Å²) in [6.45, 7) is 12.2. The number of aromatic amines is 1. The van der Waals surface area contributed by atoms with Crippen LogP contribution in [0, 0.1) is 10.8 Å². The van der Waals surface area contributed by atoms with Crippen LogP contribution in [0.15, 0.2) is 136 Å². The number of thiophene rings is 2. The van der Waals surface area contributed by atoms with Gasteiger partial charge in [0.25, 0.3) is 0 Å². The summed E-state index contributed by atoms with van der Waals surface area (Å²) in [7, 11) is 0.807. The van der Waals surface area contributed by atoms with E-state index in [1.165, 1.54) is 136 Å². The minimum atomic E-state index is 0.111. The fourth-order valence-corrected chi connectivity index (χ4v) is 14.7. The minimum absolute atomic E-state index is 0.111. The highest BCUT2D eigenvalue weighted by Crippen LogP contribution is 2.55. The van der Waals surface area contributed by atoms with Crippen molar-refractivity contribution in [3.63, 3.8) is 0 Å². The highest BCUT2D eigenvalue weighted by atomic mass is 32.1. The summed E-state index contributed by atoms with van der Waals surface area (Å²) in [5.41, 5.74) is 14.1. The number of furan rings is 1. The number of para-hydroxylation sites is 2. The molecule has 4 aromatic heterocycles. The predicted octanol–water partition coefficient (Wildman–Crippen LogP) is 14.0. The van der Waals surface area contributed by atoms with Crippen LogP contribution in [0.5, 0.6) is 0 Å². The second-order valence-corrected chi connectivity index (χ2v) is 21.5. The zero-order chi connectivity index (χ0) is 39.5. The van der Waals surface area contributed by atoms with Crippen molar-refractivity contribution in [1.82, 2.24) is 4.98 Å². The van der Waals surface area contributed by atoms with E-state index in [1.807, 2.05) is 22.7 Å². The van der Waals surface area contributed by atoms with Crippen LogP contribution in [0.25, 0.3) is 84.4 Å². The Hall–Kier alpha value is -5.34. The molecule has 7 heteroatoms. The number of anilines is 2. The van der Waals surface area contributed by atoms with Crippen LogP contribution in [0.2, 0.25) is 0 Å². The number of hydrogen-bond donors (Lipinski definition) is 2. The Morgan fingerprint density at radius 2 is 1.41 bits per heavy atom. The van der Waals surface area contributed by atoms with Gasteiger partial charge in [0, 0.05) is 68.7 Å². The standard InChI is InChI=1S/C52H41BN2OS3/c1-27-23-35-48(52(4,5)22-21-51(35,2)3)59-50(27)55-37-24-33-28-13-6-9-18-39(28)56-40(33)26-36(37)53-45-38(55)25-34-29-14-7-10-19-41(29)57-47(34)44(45)32-17-12-16-31-43-30-15-8-11-20-42(30)58-49(43)54-46(31)32/h6-20,23-26,53-54,59H,21-22H2,1-5H3. The maximum absolute atomic E-state index is 6.62. The first-order valence-electron chi connectivity index (χ1n) is 20.8. The Morgan fingerprint density at radius 1 is 0.695 bits per heavy atom. The zero-order valence-corrected chi connectivity index (χ0v) is 36.2. The first-order chi connectivity index (χ1) is 28.6. The second kappa shape index (κ2) is 11.9. The Labute approximate surface area is 354 Å². The third kappa shape index (κ3) is 4.75. The van der Waals surface area contributed by atoms with Crippen molar-refractivity contribution in [3.05, 3.63) is 131 Å². The Bertz CT molecular complexity index is 3620. The summed E-state index contributed by atoms with van der Waals surface area (Å²) in [6.07, 6.45) is 4.95. The van der Waals surface area contributed by atoms with E-state index in [4.69, 9.17) is 4.42 Å². The van der Waals surface area contributed by atoms with Crippen molar-refractivity contribution in [2.45, 2.75) is 47.5 Å². The summed E-state index contributed by atoms with van der Waals surface area (Å²) < 4.78 is 10.6. The predicted molar refractivity (Wildman–Crippen MR) is 263 cm³/mol. The van der Waals surface area contributed by atoms with Crippen molar-refractivity contribution in [2.24, 2.45) is 10.8 Å². The number of nitrogens with one attached hydrogen (secondary N) is 1. The molecule has 0 spiro atoms. The molecule has 286 valence electrons. The number of thiol groups is 1. The van der Waals surface area contributed by atoms with Crippen LogP contribution in [-0.4, -0.2) is 17.3 Å². The fraction of sp³-hybridized carbons (Fsp3) is 0.173. The molecule has 59 heavy (non-hydrogen) atoms. The molecule has 6 aromatic carbocycles. The molecule has 13 rings (SSSR count). The molecule has 3 nitrogen and oxygen atoms in total. The van der Waals surface area contributed by atoms with Crippen molar-refractivity contribution in [2.75, 3.05) is 4.90 Å². The molecule has 0 saturated heterocycles. The fourth-order valence-electron chi connectivity index (χ4n) is 10.6. The zero-order valence-electron chi connectivity index (χ0n) is 33.7. The van der Waals surface area contributed by atoms with Crippen molar-refractivity contribution >= 4 is 142 Å². The molecule has 1 aliphatic carbocycles. The topological polar surface area (TPSA) is 32.2 Å². The SMILES string of the molecule is CC1=CC2=C([SH]=C1N1c3cc4c(cc3Bc3c1cc1c(sc5ccccc51)c3-c1cccc3c1[nH]c1sc5ccccc5c13)oc1ccccc14)C(C)(C)CCC2(C)C. The van der Waals surface area contributed by atoms with Gasteiger partial charge in [-0.25, -0.2) is 0 Å². The van der Waals surface area contributed by atoms with Crippen LogP contribution in [-0.2, 0) is 0 Å².